The third-order valence-electron chi connectivity index (χ3n) is 9.96. The van der Waals surface area contributed by atoms with Crippen LogP contribution in [-0.2, 0) is 30.4 Å². The van der Waals surface area contributed by atoms with Crippen LogP contribution in [0.1, 0.15) is 66.6 Å². The van der Waals surface area contributed by atoms with Crippen molar-refractivity contribution in [2.45, 2.75) is 102 Å². The summed E-state index contributed by atoms with van der Waals surface area (Å²) in [5.41, 5.74) is 2.96. The Bertz CT molecular complexity index is 1600. The standard InChI is InChI=1S/C36H46N6O7/c1-19-10-8-13-25(20(19)2)32(45)38-24-17-29-34(47)37-21(3)31(44)39-27-15-9-14-26(27)33(46)41-30(22(4)43)35(48)40-28(36(49)42(29)18-24)16-23-11-6-5-7-12-23/h5-8,10-13,21-22,24,26-30,43H,9,14-18H2,1-4H3,(H,37,47)(H,38,45)(H,39,44)(H,40,48)(H,41,46)/t21-,22+,24+,26+,27+,28-,29-,30-/m0/s1. The Morgan fingerprint density at radius 2 is 1.63 bits per heavy atom. The zero-order chi connectivity index (χ0) is 35.4. The van der Waals surface area contributed by atoms with E-state index >= 15 is 0 Å². The van der Waals surface area contributed by atoms with Crippen molar-refractivity contribution in [2.75, 3.05) is 6.54 Å². The summed E-state index contributed by atoms with van der Waals surface area (Å²) in [6.07, 6.45) is 0.481. The van der Waals surface area contributed by atoms with Gasteiger partial charge in [0.2, 0.25) is 29.5 Å². The fraction of sp³-hybridized carbons (Fsp3) is 0.500. The average Bonchev–Trinajstić information content (AvgIpc) is 3.71. The van der Waals surface area contributed by atoms with Crippen LogP contribution in [-0.4, -0.2) is 94.3 Å². The van der Waals surface area contributed by atoms with Gasteiger partial charge in [-0.3, -0.25) is 28.8 Å². The number of amides is 6. The van der Waals surface area contributed by atoms with E-state index in [0.29, 0.717) is 24.8 Å². The molecule has 1 saturated carbocycles. The molecule has 0 unspecified atom stereocenters. The molecule has 0 bridgehead atoms. The largest absolute Gasteiger partial charge is 0.391 e. The summed E-state index contributed by atoms with van der Waals surface area (Å²) >= 11 is 0. The van der Waals surface area contributed by atoms with Crippen LogP contribution < -0.4 is 26.6 Å². The Labute approximate surface area is 286 Å². The van der Waals surface area contributed by atoms with Gasteiger partial charge in [0.1, 0.15) is 24.2 Å². The van der Waals surface area contributed by atoms with E-state index in [1.54, 1.807) is 36.4 Å². The second kappa shape index (κ2) is 15.2. The molecule has 0 radical (unpaired) electrons. The number of nitrogens with zero attached hydrogens (tertiary/aromatic N) is 1. The summed E-state index contributed by atoms with van der Waals surface area (Å²) < 4.78 is 0. The molecule has 3 fully saturated rings. The lowest BCUT2D eigenvalue weighted by Gasteiger charge is -2.32. The van der Waals surface area contributed by atoms with Gasteiger partial charge < -0.3 is 36.6 Å². The number of benzene rings is 2. The molecule has 2 heterocycles. The first-order valence-corrected chi connectivity index (χ1v) is 16.9. The van der Waals surface area contributed by atoms with Crippen molar-refractivity contribution in [1.29, 1.82) is 0 Å². The summed E-state index contributed by atoms with van der Waals surface area (Å²) in [6, 6.07) is 8.64. The van der Waals surface area contributed by atoms with E-state index in [0.717, 1.165) is 16.7 Å². The van der Waals surface area contributed by atoms with Gasteiger partial charge in [-0.15, -0.1) is 0 Å². The van der Waals surface area contributed by atoms with E-state index in [4.69, 9.17) is 0 Å². The second-order valence-electron chi connectivity index (χ2n) is 13.5. The number of aryl methyl sites for hydroxylation is 1. The van der Waals surface area contributed by atoms with Crippen molar-refractivity contribution in [2.24, 2.45) is 5.92 Å². The smallest absolute Gasteiger partial charge is 0.251 e. The van der Waals surface area contributed by atoms with Crippen molar-refractivity contribution in [3.63, 3.8) is 0 Å². The van der Waals surface area contributed by atoms with Crippen LogP contribution in [0, 0.1) is 19.8 Å². The highest BCUT2D eigenvalue weighted by atomic mass is 16.3. The first kappa shape index (κ1) is 35.5. The molecule has 2 aliphatic heterocycles. The molecular formula is C36H46N6O7. The molecule has 6 N–H and O–H groups in total. The van der Waals surface area contributed by atoms with Gasteiger partial charge in [0.15, 0.2) is 0 Å². The van der Waals surface area contributed by atoms with Crippen LogP contribution in [0.15, 0.2) is 48.5 Å². The topological polar surface area (TPSA) is 186 Å². The minimum atomic E-state index is -1.38. The van der Waals surface area contributed by atoms with Crippen molar-refractivity contribution in [3.8, 4) is 0 Å². The predicted octanol–water partition coefficient (Wildman–Crippen LogP) is 0.399. The number of aliphatic hydroxyl groups is 1. The SMILES string of the molecule is Cc1cccc(C(=O)N[C@@H]2C[C@H]3C(=O)N[C@@H](C)C(=O)N[C@@H]4CCC[C@H]4C(=O)N[C@@H]([C@@H](C)O)C(=O)N[C@@H](Cc4ccccc4)C(=O)N3C2)c1C. The van der Waals surface area contributed by atoms with E-state index in [2.05, 4.69) is 26.6 Å². The number of hydrogen-bond donors (Lipinski definition) is 6. The summed E-state index contributed by atoms with van der Waals surface area (Å²) in [6.45, 7) is 6.62. The van der Waals surface area contributed by atoms with E-state index in [1.807, 2.05) is 26.0 Å². The minimum Gasteiger partial charge on any atom is -0.391 e. The van der Waals surface area contributed by atoms with Crippen LogP contribution in [0.2, 0.25) is 0 Å². The lowest BCUT2D eigenvalue weighted by molar-refractivity contribution is -0.143. The number of rotatable bonds is 5. The van der Waals surface area contributed by atoms with E-state index < -0.39 is 77.8 Å². The zero-order valence-electron chi connectivity index (χ0n) is 28.3. The molecule has 13 nitrogen and oxygen atoms in total. The van der Waals surface area contributed by atoms with Crippen LogP contribution in [0.3, 0.4) is 0 Å². The molecule has 2 aromatic carbocycles. The van der Waals surface area contributed by atoms with E-state index in [-0.39, 0.29) is 25.3 Å². The maximum Gasteiger partial charge on any atom is 0.251 e. The molecule has 2 saturated heterocycles. The molecule has 2 aromatic rings. The number of carbonyl (C=O) groups is 6. The molecule has 262 valence electrons. The number of aliphatic hydroxyl groups excluding tert-OH is 1. The number of carbonyl (C=O) groups excluding carboxylic acids is 6. The van der Waals surface area contributed by atoms with Crippen LogP contribution in [0.25, 0.3) is 0 Å². The molecule has 5 rings (SSSR count). The minimum absolute atomic E-state index is 0.0322. The molecule has 6 amide bonds. The maximum absolute atomic E-state index is 14.4. The zero-order valence-corrected chi connectivity index (χ0v) is 28.3. The molecule has 49 heavy (non-hydrogen) atoms. The van der Waals surface area contributed by atoms with Gasteiger partial charge >= 0.3 is 0 Å². The van der Waals surface area contributed by atoms with Crippen molar-refractivity contribution < 1.29 is 33.9 Å². The maximum atomic E-state index is 14.4. The molecule has 0 spiro atoms. The van der Waals surface area contributed by atoms with Gasteiger partial charge in [-0.25, -0.2) is 0 Å². The predicted molar refractivity (Wildman–Crippen MR) is 180 cm³/mol. The third-order valence-corrected chi connectivity index (χ3v) is 9.96. The van der Waals surface area contributed by atoms with Crippen molar-refractivity contribution >= 4 is 35.4 Å². The Balaban J connectivity index is 1.49. The van der Waals surface area contributed by atoms with Crippen LogP contribution >= 0.6 is 0 Å². The summed E-state index contributed by atoms with van der Waals surface area (Å²) in [4.78, 5) is 83.4. The number of hydrogen-bond acceptors (Lipinski definition) is 7. The number of nitrogens with one attached hydrogen (secondary N) is 5. The lowest BCUT2D eigenvalue weighted by Crippen LogP contribution is -2.61. The van der Waals surface area contributed by atoms with Crippen LogP contribution in [0.5, 0.6) is 0 Å². The van der Waals surface area contributed by atoms with Gasteiger partial charge in [-0.05, 0) is 69.7 Å². The van der Waals surface area contributed by atoms with Gasteiger partial charge in [0, 0.05) is 30.6 Å². The fourth-order valence-electron chi connectivity index (χ4n) is 7.00. The molecule has 8 atom stereocenters. The Kier molecular flexibility index (Phi) is 11.0. The Hall–Kier alpha value is -4.78. The van der Waals surface area contributed by atoms with Gasteiger partial charge in [0.05, 0.1) is 12.0 Å². The first-order valence-electron chi connectivity index (χ1n) is 16.9. The highest BCUT2D eigenvalue weighted by Crippen LogP contribution is 2.27. The monoisotopic (exact) mass is 674 g/mol. The molecule has 3 aliphatic rings. The fourth-order valence-corrected chi connectivity index (χ4v) is 7.00. The summed E-state index contributed by atoms with van der Waals surface area (Å²) in [5.74, 6) is -3.93. The van der Waals surface area contributed by atoms with Crippen molar-refractivity contribution in [1.82, 2.24) is 31.5 Å². The van der Waals surface area contributed by atoms with Gasteiger partial charge in [-0.1, -0.05) is 48.9 Å². The third kappa shape index (κ3) is 8.10. The van der Waals surface area contributed by atoms with E-state index in [9.17, 15) is 33.9 Å². The summed E-state index contributed by atoms with van der Waals surface area (Å²) in [7, 11) is 0. The highest BCUT2D eigenvalue weighted by Gasteiger charge is 2.45. The highest BCUT2D eigenvalue weighted by molar-refractivity contribution is 5.98. The van der Waals surface area contributed by atoms with Gasteiger partial charge in [-0.2, -0.15) is 0 Å². The first-order chi connectivity index (χ1) is 23.3. The molecule has 1 aliphatic carbocycles. The van der Waals surface area contributed by atoms with Crippen LogP contribution in [0.4, 0.5) is 0 Å². The van der Waals surface area contributed by atoms with Gasteiger partial charge in [0.25, 0.3) is 5.91 Å². The summed E-state index contributed by atoms with van der Waals surface area (Å²) in [5, 5.41) is 24.6. The number of fused-ring (bicyclic) bond motifs is 2. The Morgan fingerprint density at radius 1 is 0.898 bits per heavy atom. The lowest BCUT2D eigenvalue weighted by atomic mass is 10.00. The molecular weight excluding hydrogens is 628 g/mol. The van der Waals surface area contributed by atoms with Crippen molar-refractivity contribution in [3.05, 3.63) is 70.8 Å². The molecule has 13 heteroatoms. The quantitative estimate of drug-likeness (QED) is 0.265. The molecule has 0 aromatic heterocycles. The normalized spacial score (nSPS) is 28.8. The van der Waals surface area contributed by atoms with E-state index in [1.165, 1.54) is 18.7 Å². The second-order valence-corrected chi connectivity index (χ2v) is 13.5. The average molecular weight is 675 g/mol. The Morgan fingerprint density at radius 3 is 2.35 bits per heavy atom.